The first kappa shape index (κ1) is 26.3. The first-order chi connectivity index (χ1) is 19.4. The van der Waals surface area contributed by atoms with E-state index >= 15 is 4.39 Å². The van der Waals surface area contributed by atoms with Crippen LogP contribution in [0.1, 0.15) is 52.7 Å². The molecule has 40 heavy (non-hydrogen) atoms. The number of amides is 3. The molecule has 206 valence electrons. The average molecular weight is 543 g/mol. The minimum absolute atomic E-state index is 0.0551. The van der Waals surface area contributed by atoms with E-state index in [-0.39, 0.29) is 42.9 Å². The maximum absolute atomic E-state index is 15.9. The number of aliphatic hydroxyl groups is 1. The Bertz CT molecular complexity index is 1460. The summed E-state index contributed by atoms with van der Waals surface area (Å²) in [6.07, 6.45) is 3.87. The number of pyridine rings is 1. The van der Waals surface area contributed by atoms with Crippen LogP contribution in [0.5, 0.6) is 0 Å². The van der Waals surface area contributed by atoms with Crippen LogP contribution in [0, 0.1) is 5.82 Å². The summed E-state index contributed by atoms with van der Waals surface area (Å²) in [5.74, 6) is -1.49. The maximum Gasteiger partial charge on any atom is 0.255 e. The van der Waals surface area contributed by atoms with Crippen LogP contribution in [0.25, 0.3) is 11.3 Å². The zero-order chi connectivity index (χ0) is 27.8. The van der Waals surface area contributed by atoms with Crippen molar-refractivity contribution in [2.45, 2.75) is 63.4 Å². The fraction of sp³-hybridized carbons (Fsp3) is 0.355. The number of likely N-dealkylation sites (tertiary alicyclic amines) is 1. The molecule has 0 radical (unpaired) electrons. The summed E-state index contributed by atoms with van der Waals surface area (Å²) in [5.41, 5.74) is 3.50. The van der Waals surface area contributed by atoms with Crippen LogP contribution in [0.15, 0.2) is 60.8 Å². The van der Waals surface area contributed by atoms with E-state index in [2.05, 4.69) is 15.2 Å². The lowest BCUT2D eigenvalue weighted by Gasteiger charge is -2.29. The first-order valence-electron chi connectivity index (χ1n) is 13.8. The van der Waals surface area contributed by atoms with Crippen molar-refractivity contribution in [1.82, 2.24) is 20.1 Å². The van der Waals surface area contributed by atoms with Crippen LogP contribution in [-0.4, -0.2) is 62.3 Å². The van der Waals surface area contributed by atoms with Crippen LogP contribution in [0.2, 0.25) is 0 Å². The molecule has 2 saturated heterocycles. The molecule has 4 heterocycles. The van der Waals surface area contributed by atoms with Crippen LogP contribution in [0.4, 0.5) is 4.39 Å². The van der Waals surface area contributed by atoms with Gasteiger partial charge in [0.05, 0.1) is 6.10 Å². The minimum atomic E-state index is -0.704. The third-order valence-corrected chi connectivity index (χ3v) is 8.29. The number of carbonyl (C=O) groups is 3. The number of hydrogen-bond acceptors (Lipinski definition) is 6. The topological polar surface area (TPSA) is 103 Å². The van der Waals surface area contributed by atoms with E-state index in [1.165, 1.54) is 4.90 Å². The number of imide groups is 1. The lowest BCUT2D eigenvalue weighted by atomic mass is 9.99. The molecule has 1 aromatic heterocycles. The normalized spacial score (nSPS) is 21.9. The van der Waals surface area contributed by atoms with Gasteiger partial charge in [0, 0.05) is 48.4 Å². The Labute approximate surface area is 231 Å². The van der Waals surface area contributed by atoms with Crippen LogP contribution in [-0.2, 0) is 29.1 Å². The average Bonchev–Trinajstić information content (AvgIpc) is 3.54. The van der Waals surface area contributed by atoms with Crippen molar-refractivity contribution in [3.63, 3.8) is 0 Å². The third kappa shape index (κ3) is 5.02. The van der Waals surface area contributed by atoms with Crippen molar-refractivity contribution >= 4 is 17.7 Å². The lowest BCUT2D eigenvalue weighted by molar-refractivity contribution is -0.136. The number of aromatic nitrogens is 1. The molecule has 3 aliphatic rings. The number of nitrogens with one attached hydrogen (secondary N) is 1. The minimum Gasteiger partial charge on any atom is -0.391 e. The Morgan fingerprint density at radius 3 is 2.70 bits per heavy atom. The van der Waals surface area contributed by atoms with Gasteiger partial charge in [-0.15, -0.1) is 0 Å². The number of halogens is 1. The molecule has 2 unspecified atom stereocenters. The van der Waals surface area contributed by atoms with Crippen LogP contribution in [0.3, 0.4) is 0 Å². The second-order valence-corrected chi connectivity index (χ2v) is 10.8. The number of carbonyl (C=O) groups excluding carboxylic acids is 3. The Morgan fingerprint density at radius 2 is 1.90 bits per heavy atom. The van der Waals surface area contributed by atoms with Crippen molar-refractivity contribution in [2.24, 2.45) is 0 Å². The van der Waals surface area contributed by atoms with E-state index in [1.54, 1.807) is 30.5 Å². The molecule has 2 aromatic carbocycles. The van der Waals surface area contributed by atoms with Gasteiger partial charge >= 0.3 is 0 Å². The number of rotatable bonds is 7. The Morgan fingerprint density at radius 1 is 1.07 bits per heavy atom. The number of piperidine rings is 1. The SMILES string of the molecule is O=C1CCC(N2Cc3cc(-c4nccc(CN5CCCC5[C@H](O)Cc5ccccc5)c4F)ccc3C2=O)C(=O)N1. The Balaban J connectivity index is 1.19. The van der Waals surface area contributed by atoms with E-state index < -0.39 is 23.9 Å². The maximum atomic E-state index is 15.9. The molecule has 0 bridgehead atoms. The van der Waals surface area contributed by atoms with E-state index in [0.29, 0.717) is 35.2 Å². The zero-order valence-electron chi connectivity index (χ0n) is 22.1. The zero-order valence-corrected chi connectivity index (χ0v) is 22.1. The van der Waals surface area contributed by atoms with E-state index in [4.69, 9.17) is 0 Å². The predicted octanol–water partition coefficient (Wildman–Crippen LogP) is 3.22. The lowest BCUT2D eigenvalue weighted by Crippen LogP contribution is -2.52. The summed E-state index contributed by atoms with van der Waals surface area (Å²) in [5, 5.41) is 13.3. The highest BCUT2D eigenvalue weighted by Gasteiger charge is 2.39. The summed E-state index contributed by atoms with van der Waals surface area (Å²) in [6, 6.07) is 15.9. The van der Waals surface area contributed by atoms with Gasteiger partial charge in [-0.3, -0.25) is 29.6 Å². The fourth-order valence-electron chi connectivity index (χ4n) is 6.22. The van der Waals surface area contributed by atoms with E-state index in [9.17, 15) is 19.5 Å². The highest BCUT2D eigenvalue weighted by atomic mass is 19.1. The smallest absolute Gasteiger partial charge is 0.255 e. The molecule has 2 N–H and O–H groups in total. The summed E-state index contributed by atoms with van der Waals surface area (Å²) < 4.78 is 15.9. The van der Waals surface area contributed by atoms with Gasteiger partial charge in [-0.1, -0.05) is 36.4 Å². The summed E-state index contributed by atoms with van der Waals surface area (Å²) >= 11 is 0. The molecule has 0 aliphatic carbocycles. The summed E-state index contributed by atoms with van der Waals surface area (Å²) in [4.78, 5) is 44.9. The second kappa shape index (κ2) is 10.9. The molecule has 3 aromatic rings. The molecule has 2 fully saturated rings. The molecule has 8 nitrogen and oxygen atoms in total. The standard InChI is InChI=1S/C31H31FN4O4/c32-28-21(17-35-14-4-7-24(35)26(37)15-19-5-2-1-3-6-19)12-13-33-29(28)20-8-9-23-22(16-20)18-36(31(23)40)25-10-11-27(38)34-30(25)39/h1-3,5-6,8-9,12-13,16,24-26,37H,4,7,10-11,14-15,17-18H2,(H,34,38,39)/t24?,25?,26-/m1/s1. The summed E-state index contributed by atoms with van der Waals surface area (Å²) in [6.45, 7) is 1.36. The van der Waals surface area contributed by atoms with Crippen molar-refractivity contribution < 1.29 is 23.9 Å². The Hall–Kier alpha value is -3.95. The predicted molar refractivity (Wildman–Crippen MR) is 145 cm³/mol. The van der Waals surface area contributed by atoms with Gasteiger partial charge in [-0.05, 0) is 61.6 Å². The molecule has 9 heteroatoms. The quantitative estimate of drug-likeness (QED) is 0.445. The number of benzene rings is 2. The van der Waals surface area contributed by atoms with Gasteiger partial charge in [0.15, 0.2) is 5.82 Å². The van der Waals surface area contributed by atoms with Crippen LogP contribution >= 0.6 is 0 Å². The highest BCUT2D eigenvalue weighted by Crippen LogP contribution is 2.33. The molecule has 0 saturated carbocycles. The molecule has 0 spiro atoms. The molecule has 6 rings (SSSR count). The summed E-state index contributed by atoms with van der Waals surface area (Å²) in [7, 11) is 0. The van der Waals surface area contributed by atoms with Crippen molar-refractivity contribution in [1.29, 1.82) is 0 Å². The third-order valence-electron chi connectivity index (χ3n) is 8.29. The van der Waals surface area contributed by atoms with E-state index in [1.807, 2.05) is 30.3 Å². The Kier molecular flexibility index (Phi) is 7.16. The van der Waals surface area contributed by atoms with Gasteiger partial charge in [0.25, 0.3) is 5.91 Å². The van der Waals surface area contributed by atoms with Gasteiger partial charge in [-0.25, -0.2) is 4.39 Å². The van der Waals surface area contributed by atoms with Gasteiger partial charge in [0.1, 0.15) is 11.7 Å². The monoisotopic (exact) mass is 542 g/mol. The first-order valence-corrected chi connectivity index (χ1v) is 13.8. The molecule has 3 amide bonds. The molecule has 3 aliphatic heterocycles. The molecular formula is C31H31FN4O4. The number of aliphatic hydroxyl groups excluding tert-OH is 1. The fourth-order valence-corrected chi connectivity index (χ4v) is 6.22. The van der Waals surface area contributed by atoms with Crippen molar-refractivity contribution in [3.05, 3.63) is 88.9 Å². The highest BCUT2D eigenvalue weighted by molar-refractivity contribution is 6.05. The van der Waals surface area contributed by atoms with Gasteiger partial charge < -0.3 is 10.0 Å². The number of hydrogen-bond donors (Lipinski definition) is 2. The van der Waals surface area contributed by atoms with E-state index in [0.717, 1.165) is 24.9 Å². The molecule has 3 atom stereocenters. The van der Waals surface area contributed by atoms with Gasteiger partial charge in [0.2, 0.25) is 11.8 Å². The number of fused-ring (bicyclic) bond motifs is 1. The molecular weight excluding hydrogens is 511 g/mol. The van der Waals surface area contributed by atoms with Crippen molar-refractivity contribution in [2.75, 3.05) is 6.54 Å². The van der Waals surface area contributed by atoms with Crippen LogP contribution < -0.4 is 5.32 Å². The number of nitrogens with zero attached hydrogens (tertiary/aromatic N) is 3. The largest absolute Gasteiger partial charge is 0.391 e. The second-order valence-electron chi connectivity index (χ2n) is 10.8. The van der Waals surface area contributed by atoms with Crippen molar-refractivity contribution in [3.8, 4) is 11.3 Å². The van der Waals surface area contributed by atoms with Gasteiger partial charge in [-0.2, -0.15) is 0 Å².